The summed E-state index contributed by atoms with van der Waals surface area (Å²) in [5, 5.41) is 14.2. The maximum atomic E-state index is 11.1. The standard InChI is InChI=1S/C14H14N2O2/c1-10-8-11(2)14(16(17)18)13(9-10)15-12-6-4-3-5-7-12/h3-9,15H,1-2H3. The predicted molar refractivity (Wildman–Crippen MR) is 72.3 cm³/mol. The Labute approximate surface area is 105 Å². The Kier molecular flexibility index (Phi) is 3.28. The summed E-state index contributed by atoms with van der Waals surface area (Å²) in [4.78, 5) is 10.8. The lowest BCUT2D eigenvalue weighted by atomic mass is 10.1. The fourth-order valence-electron chi connectivity index (χ4n) is 1.97. The highest BCUT2D eigenvalue weighted by Gasteiger charge is 2.17. The molecule has 2 aromatic carbocycles. The highest BCUT2D eigenvalue weighted by Crippen LogP contribution is 2.31. The Hall–Kier alpha value is -2.36. The summed E-state index contributed by atoms with van der Waals surface area (Å²) in [5.41, 5.74) is 3.16. The zero-order valence-corrected chi connectivity index (χ0v) is 10.3. The van der Waals surface area contributed by atoms with Crippen molar-refractivity contribution in [3.63, 3.8) is 0 Å². The topological polar surface area (TPSA) is 55.2 Å². The van der Waals surface area contributed by atoms with Crippen molar-refractivity contribution in [2.45, 2.75) is 13.8 Å². The number of nitrogens with zero attached hydrogens (tertiary/aromatic N) is 1. The maximum absolute atomic E-state index is 11.1. The van der Waals surface area contributed by atoms with Gasteiger partial charge in [-0.3, -0.25) is 10.1 Å². The molecule has 0 unspecified atom stereocenters. The number of hydrogen-bond donors (Lipinski definition) is 1. The average Bonchev–Trinajstić information content (AvgIpc) is 2.28. The third-order valence-corrected chi connectivity index (χ3v) is 2.68. The van der Waals surface area contributed by atoms with E-state index < -0.39 is 0 Å². The SMILES string of the molecule is Cc1cc(C)c([N+](=O)[O-])c(Nc2ccccc2)c1. The molecule has 0 spiro atoms. The first-order chi connectivity index (χ1) is 8.58. The summed E-state index contributed by atoms with van der Waals surface area (Å²) in [5.74, 6) is 0. The predicted octanol–water partition coefficient (Wildman–Crippen LogP) is 3.96. The van der Waals surface area contributed by atoms with Gasteiger partial charge >= 0.3 is 0 Å². The van der Waals surface area contributed by atoms with Crippen molar-refractivity contribution >= 4 is 17.1 Å². The maximum Gasteiger partial charge on any atom is 0.295 e. The first-order valence-electron chi connectivity index (χ1n) is 5.65. The van der Waals surface area contributed by atoms with Crippen LogP contribution in [0.3, 0.4) is 0 Å². The molecular formula is C14H14N2O2. The summed E-state index contributed by atoms with van der Waals surface area (Å²) < 4.78 is 0. The third-order valence-electron chi connectivity index (χ3n) is 2.68. The van der Waals surface area contributed by atoms with E-state index in [4.69, 9.17) is 0 Å². The van der Waals surface area contributed by atoms with E-state index in [-0.39, 0.29) is 10.6 Å². The van der Waals surface area contributed by atoms with Crippen molar-refractivity contribution in [3.8, 4) is 0 Å². The van der Waals surface area contributed by atoms with Gasteiger partial charge in [-0.05, 0) is 43.7 Å². The van der Waals surface area contributed by atoms with Crippen LogP contribution < -0.4 is 5.32 Å². The van der Waals surface area contributed by atoms with Crippen LogP contribution in [0.5, 0.6) is 0 Å². The molecular weight excluding hydrogens is 228 g/mol. The summed E-state index contributed by atoms with van der Waals surface area (Å²) in [6, 6.07) is 13.0. The first kappa shape index (κ1) is 12.1. The van der Waals surface area contributed by atoms with Crippen molar-refractivity contribution in [2.24, 2.45) is 0 Å². The molecule has 1 N–H and O–H groups in total. The van der Waals surface area contributed by atoms with Gasteiger partial charge in [0.15, 0.2) is 0 Å². The molecule has 4 heteroatoms. The highest BCUT2D eigenvalue weighted by molar-refractivity contribution is 5.72. The second-order valence-corrected chi connectivity index (χ2v) is 4.23. The fraction of sp³-hybridized carbons (Fsp3) is 0.143. The number of nitrogens with one attached hydrogen (secondary N) is 1. The van der Waals surface area contributed by atoms with Crippen LogP contribution in [0.2, 0.25) is 0 Å². The van der Waals surface area contributed by atoms with E-state index in [2.05, 4.69) is 5.32 Å². The van der Waals surface area contributed by atoms with E-state index in [1.54, 1.807) is 13.0 Å². The number of benzene rings is 2. The van der Waals surface area contributed by atoms with Gasteiger partial charge in [0.1, 0.15) is 5.69 Å². The van der Waals surface area contributed by atoms with Crippen LogP contribution in [-0.2, 0) is 0 Å². The fourth-order valence-corrected chi connectivity index (χ4v) is 1.97. The zero-order chi connectivity index (χ0) is 13.1. The van der Waals surface area contributed by atoms with E-state index in [9.17, 15) is 10.1 Å². The van der Waals surface area contributed by atoms with Gasteiger partial charge in [0, 0.05) is 11.3 Å². The Balaban J connectivity index is 2.46. The molecule has 0 heterocycles. The average molecular weight is 242 g/mol. The Bertz CT molecular complexity index is 580. The van der Waals surface area contributed by atoms with E-state index in [1.807, 2.05) is 43.3 Å². The first-order valence-corrected chi connectivity index (χ1v) is 5.65. The van der Waals surface area contributed by atoms with Crippen LogP contribution in [0.1, 0.15) is 11.1 Å². The molecule has 0 saturated heterocycles. The van der Waals surface area contributed by atoms with Crippen LogP contribution in [0.4, 0.5) is 17.1 Å². The lowest BCUT2D eigenvalue weighted by Crippen LogP contribution is -2.00. The molecule has 0 radical (unpaired) electrons. The van der Waals surface area contributed by atoms with E-state index in [0.717, 1.165) is 11.3 Å². The lowest BCUT2D eigenvalue weighted by Gasteiger charge is -2.09. The molecule has 0 bridgehead atoms. The normalized spacial score (nSPS) is 10.1. The van der Waals surface area contributed by atoms with Crippen LogP contribution in [-0.4, -0.2) is 4.92 Å². The molecule has 0 fully saturated rings. The quantitative estimate of drug-likeness (QED) is 0.654. The zero-order valence-electron chi connectivity index (χ0n) is 10.3. The number of nitro groups is 1. The second kappa shape index (κ2) is 4.87. The largest absolute Gasteiger partial charge is 0.350 e. The van der Waals surface area contributed by atoms with Gasteiger partial charge in [-0.25, -0.2) is 0 Å². The number of para-hydroxylation sites is 1. The number of hydrogen-bond acceptors (Lipinski definition) is 3. The minimum atomic E-state index is -0.347. The molecule has 0 aromatic heterocycles. The van der Waals surface area contributed by atoms with Crippen molar-refractivity contribution in [2.75, 3.05) is 5.32 Å². The van der Waals surface area contributed by atoms with Gasteiger partial charge in [-0.15, -0.1) is 0 Å². The minimum Gasteiger partial charge on any atom is -0.350 e. The molecule has 2 aromatic rings. The Morgan fingerprint density at radius 1 is 1.11 bits per heavy atom. The summed E-state index contributed by atoms with van der Waals surface area (Å²) in [6.45, 7) is 3.67. The van der Waals surface area contributed by atoms with Crippen molar-refractivity contribution < 1.29 is 4.92 Å². The smallest absolute Gasteiger partial charge is 0.295 e. The van der Waals surface area contributed by atoms with Crippen LogP contribution in [0.25, 0.3) is 0 Å². The second-order valence-electron chi connectivity index (χ2n) is 4.23. The van der Waals surface area contributed by atoms with Crippen molar-refractivity contribution in [3.05, 3.63) is 63.7 Å². The van der Waals surface area contributed by atoms with Crippen LogP contribution in [0.15, 0.2) is 42.5 Å². The molecule has 0 aliphatic rings. The van der Waals surface area contributed by atoms with Gasteiger partial charge in [0.05, 0.1) is 4.92 Å². The number of aryl methyl sites for hydroxylation is 2. The number of nitro benzene ring substituents is 1. The highest BCUT2D eigenvalue weighted by atomic mass is 16.6. The minimum absolute atomic E-state index is 0.129. The van der Waals surface area contributed by atoms with Gasteiger partial charge in [-0.1, -0.05) is 18.2 Å². The van der Waals surface area contributed by atoms with Crippen LogP contribution >= 0.6 is 0 Å². The Morgan fingerprint density at radius 2 is 1.78 bits per heavy atom. The monoisotopic (exact) mass is 242 g/mol. The van der Waals surface area contributed by atoms with Crippen molar-refractivity contribution in [1.29, 1.82) is 0 Å². The van der Waals surface area contributed by atoms with Crippen molar-refractivity contribution in [1.82, 2.24) is 0 Å². The van der Waals surface area contributed by atoms with Gasteiger partial charge in [0.2, 0.25) is 0 Å². The molecule has 4 nitrogen and oxygen atoms in total. The Morgan fingerprint density at radius 3 is 2.39 bits per heavy atom. The molecule has 0 aliphatic carbocycles. The number of anilines is 2. The molecule has 0 saturated carbocycles. The third kappa shape index (κ3) is 2.48. The molecule has 0 aliphatic heterocycles. The molecule has 18 heavy (non-hydrogen) atoms. The van der Waals surface area contributed by atoms with E-state index in [0.29, 0.717) is 11.3 Å². The summed E-state index contributed by atoms with van der Waals surface area (Å²) >= 11 is 0. The molecule has 92 valence electrons. The van der Waals surface area contributed by atoms with E-state index in [1.165, 1.54) is 0 Å². The van der Waals surface area contributed by atoms with Gasteiger partial charge in [-0.2, -0.15) is 0 Å². The summed E-state index contributed by atoms with van der Waals surface area (Å²) in [7, 11) is 0. The van der Waals surface area contributed by atoms with Gasteiger partial charge in [0.25, 0.3) is 5.69 Å². The molecule has 0 amide bonds. The number of rotatable bonds is 3. The van der Waals surface area contributed by atoms with Crippen LogP contribution in [0, 0.1) is 24.0 Å². The summed E-state index contributed by atoms with van der Waals surface area (Å²) in [6.07, 6.45) is 0. The lowest BCUT2D eigenvalue weighted by molar-refractivity contribution is -0.384. The van der Waals surface area contributed by atoms with E-state index >= 15 is 0 Å². The molecule has 2 rings (SSSR count). The molecule has 0 atom stereocenters. The van der Waals surface area contributed by atoms with Gasteiger partial charge < -0.3 is 5.32 Å².